The Bertz CT molecular complexity index is 556. The number of likely N-dealkylation sites (N-methyl/N-ethyl adjacent to an activating group) is 1. The number of nitrogens with zero attached hydrogens (tertiary/aromatic N) is 3. The highest BCUT2D eigenvalue weighted by Crippen LogP contribution is 2.22. The van der Waals surface area contributed by atoms with Crippen LogP contribution in [0.1, 0.15) is 31.9 Å². The van der Waals surface area contributed by atoms with Gasteiger partial charge in [0.25, 0.3) is 5.69 Å². The van der Waals surface area contributed by atoms with Crippen molar-refractivity contribution in [3.8, 4) is 0 Å². The largest absolute Gasteiger partial charge is 0.331 e. The van der Waals surface area contributed by atoms with Gasteiger partial charge >= 0.3 is 6.03 Å². The summed E-state index contributed by atoms with van der Waals surface area (Å²) < 4.78 is 0. The van der Waals surface area contributed by atoms with Crippen molar-refractivity contribution in [1.29, 1.82) is 0 Å². The number of benzene rings is 1. The van der Waals surface area contributed by atoms with Crippen LogP contribution in [-0.2, 0) is 0 Å². The van der Waals surface area contributed by atoms with Gasteiger partial charge in [-0.1, -0.05) is 26.0 Å². The Labute approximate surface area is 136 Å². The normalized spacial score (nSPS) is 16.9. The topological polar surface area (TPSA) is 78.7 Å². The molecule has 1 atom stereocenters. The van der Waals surface area contributed by atoms with Crippen LogP contribution in [0.5, 0.6) is 0 Å². The molecule has 0 aliphatic carbocycles. The molecule has 0 bridgehead atoms. The van der Waals surface area contributed by atoms with E-state index in [1.54, 1.807) is 6.07 Å². The Morgan fingerprint density at radius 3 is 2.57 bits per heavy atom. The summed E-state index contributed by atoms with van der Waals surface area (Å²) >= 11 is 0. The van der Waals surface area contributed by atoms with Crippen molar-refractivity contribution in [2.24, 2.45) is 0 Å². The lowest BCUT2D eigenvalue weighted by Crippen LogP contribution is -2.52. The van der Waals surface area contributed by atoms with Gasteiger partial charge in [-0.25, -0.2) is 4.79 Å². The maximum atomic E-state index is 12.4. The molecule has 2 rings (SSSR count). The number of nitro benzene ring substituents is 1. The Balaban J connectivity index is 2.00. The predicted octanol–water partition coefficient (Wildman–Crippen LogP) is 2.39. The van der Waals surface area contributed by atoms with E-state index < -0.39 is 4.92 Å². The first-order chi connectivity index (χ1) is 11.0. The summed E-state index contributed by atoms with van der Waals surface area (Å²) in [6.45, 7) is 8.27. The first-order valence-corrected chi connectivity index (χ1v) is 8.07. The van der Waals surface area contributed by atoms with Gasteiger partial charge in [-0.3, -0.25) is 10.1 Å². The SMILES string of the molecule is CCC(NC(=O)N1CCN(CC)CC1)c1cccc([N+](=O)[O-])c1. The number of non-ortho nitro benzene ring substituents is 1. The monoisotopic (exact) mass is 320 g/mol. The zero-order chi connectivity index (χ0) is 16.8. The first kappa shape index (κ1) is 17.2. The number of rotatable bonds is 5. The van der Waals surface area contributed by atoms with E-state index in [2.05, 4.69) is 17.1 Å². The average molecular weight is 320 g/mol. The highest BCUT2D eigenvalue weighted by molar-refractivity contribution is 5.75. The summed E-state index contributed by atoms with van der Waals surface area (Å²) in [4.78, 5) is 27.0. The van der Waals surface area contributed by atoms with Crippen LogP contribution in [0.15, 0.2) is 24.3 Å². The fraction of sp³-hybridized carbons (Fsp3) is 0.562. The van der Waals surface area contributed by atoms with E-state index in [1.165, 1.54) is 12.1 Å². The van der Waals surface area contributed by atoms with Crippen LogP contribution in [0.4, 0.5) is 10.5 Å². The van der Waals surface area contributed by atoms with Gasteiger partial charge in [-0.05, 0) is 18.5 Å². The lowest BCUT2D eigenvalue weighted by Gasteiger charge is -2.35. The highest BCUT2D eigenvalue weighted by atomic mass is 16.6. The van der Waals surface area contributed by atoms with Crippen molar-refractivity contribution in [1.82, 2.24) is 15.1 Å². The van der Waals surface area contributed by atoms with Gasteiger partial charge in [-0.15, -0.1) is 0 Å². The van der Waals surface area contributed by atoms with Crippen LogP contribution in [0.2, 0.25) is 0 Å². The number of carbonyl (C=O) groups is 1. The second-order valence-electron chi connectivity index (χ2n) is 5.68. The maximum Gasteiger partial charge on any atom is 0.317 e. The number of hydrogen-bond acceptors (Lipinski definition) is 4. The van der Waals surface area contributed by atoms with E-state index in [1.807, 2.05) is 17.9 Å². The van der Waals surface area contributed by atoms with Crippen LogP contribution in [0.3, 0.4) is 0 Å². The molecular formula is C16H24N4O3. The molecule has 1 N–H and O–H groups in total. The number of nitro groups is 1. The number of amides is 2. The standard InChI is InChI=1S/C16H24N4O3/c1-3-15(13-6-5-7-14(12-13)20(22)23)17-16(21)19-10-8-18(4-2)9-11-19/h5-7,12,15H,3-4,8-11H2,1-2H3,(H,17,21). The van der Waals surface area contributed by atoms with Gasteiger partial charge in [-0.2, -0.15) is 0 Å². The summed E-state index contributed by atoms with van der Waals surface area (Å²) in [7, 11) is 0. The van der Waals surface area contributed by atoms with E-state index in [-0.39, 0.29) is 17.8 Å². The lowest BCUT2D eigenvalue weighted by molar-refractivity contribution is -0.384. The van der Waals surface area contributed by atoms with E-state index >= 15 is 0 Å². The quantitative estimate of drug-likeness (QED) is 0.667. The van der Waals surface area contributed by atoms with Gasteiger partial charge in [0.1, 0.15) is 0 Å². The van der Waals surface area contributed by atoms with E-state index in [9.17, 15) is 14.9 Å². The summed E-state index contributed by atoms with van der Waals surface area (Å²) in [5.41, 5.74) is 0.814. The van der Waals surface area contributed by atoms with E-state index in [0.717, 1.165) is 25.2 Å². The summed E-state index contributed by atoms with van der Waals surface area (Å²) in [5.74, 6) is 0. The third-order valence-electron chi connectivity index (χ3n) is 4.30. The molecule has 0 spiro atoms. The molecule has 1 aliphatic heterocycles. The molecule has 1 saturated heterocycles. The molecule has 0 radical (unpaired) electrons. The van der Waals surface area contributed by atoms with E-state index in [4.69, 9.17) is 0 Å². The fourth-order valence-electron chi connectivity index (χ4n) is 2.78. The fourth-order valence-corrected chi connectivity index (χ4v) is 2.78. The molecule has 126 valence electrons. The number of piperazine rings is 1. The number of urea groups is 1. The van der Waals surface area contributed by atoms with Gasteiger partial charge < -0.3 is 15.1 Å². The van der Waals surface area contributed by atoms with Crippen molar-refractivity contribution in [3.05, 3.63) is 39.9 Å². The Morgan fingerprint density at radius 2 is 2.00 bits per heavy atom. The molecule has 1 fully saturated rings. The number of hydrogen-bond donors (Lipinski definition) is 1. The molecule has 1 aromatic rings. The molecule has 1 heterocycles. The molecule has 0 aromatic heterocycles. The van der Waals surface area contributed by atoms with Crippen LogP contribution >= 0.6 is 0 Å². The Hall–Kier alpha value is -2.15. The predicted molar refractivity (Wildman–Crippen MR) is 88.3 cm³/mol. The summed E-state index contributed by atoms with van der Waals surface area (Å²) in [6.07, 6.45) is 0.682. The van der Waals surface area contributed by atoms with Gasteiger partial charge in [0.05, 0.1) is 11.0 Å². The van der Waals surface area contributed by atoms with E-state index in [0.29, 0.717) is 19.5 Å². The van der Waals surface area contributed by atoms with Crippen molar-refractivity contribution in [3.63, 3.8) is 0 Å². The zero-order valence-corrected chi connectivity index (χ0v) is 13.7. The second-order valence-corrected chi connectivity index (χ2v) is 5.68. The minimum absolute atomic E-state index is 0.0479. The molecule has 1 aliphatic rings. The molecule has 0 saturated carbocycles. The van der Waals surface area contributed by atoms with Crippen LogP contribution in [-0.4, -0.2) is 53.5 Å². The molecule has 1 aromatic carbocycles. The second kappa shape index (κ2) is 7.92. The molecule has 23 heavy (non-hydrogen) atoms. The molecular weight excluding hydrogens is 296 g/mol. The average Bonchev–Trinajstić information content (AvgIpc) is 2.59. The van der Waals surface area contributed by atoms with Crippen LogP contribution in [0.25, 0.3) is 0 Å². The van der Waals surface area contributed by atoms with Gasteiger partial charge in [0.2, 0.25) is 0 Å². The third-order valence-corrected chi connectivity index (χ3v) is 4.30. The van der Waals surface area contributed by atoms with Gasteiger partial charge in [0.15, 0.2) is 0 Å². The summed E-state index contributed by atoms with van der Waals surface area (Å²) in [5, 5.41) is 13.9. The molecule has 2 amide bonds. The molecule has 1 unspecified atom stereocenters. The van der Waals surface area contributed by atoms with Crippen molar-refractivity contribution in [2.75, 3.05) is 32.7 Å². The van der Waals surface area contributed by atoms with Crippen molar-refractivity contribution in [2.45, 2.75) is 26.3 Å². The van der Waals surface area contributed by atoms with Crippen LogP contribution in [0, 0.1) is 10.1 Å². The first-order valence-electron chi connectivity index (χ1n) is 8.07. The lowest BCUT2D eigenvalue weighted by atomic mass is 10.0. The van der Waals surface area contributed by atoms with Crippen molar-refractivity contribution < 1.29 is 9.72 Å². The van der Waals surface area contributed by atoms with Crippen LogP contribution < -0.4 is 5.32 Å². The highest BCUT2D eigenvalue weighted by Gasteiger charge is 2.23. The Kier molecular flexibility index (Phi) is 5.92. The van der Waals surface area contributed by atoms with Crippen molar-refractivity contribution >= 4 is 11.7 Å². The smallest absolute Gasteiger partial charge is 0.317 e. The minimum atomic E-state index is -0.415. The maximum absolute atomic E-state index is 12.4. The molecule has 7 heteroatoms. The molecule has 7 nitrogen and oxygen atoms in total. The summed E-state index contributed by atoms with van der Waals surface area (Å²) in [6, 6.07) is 6.15. The zero-order valence-electron chi connectivity index (χ0n) is 13.7. The minimum Gasteiger partial charge on any atom is -0.331 e. The third kappa shape index (κ3) is 4.41. The number of carbonyl (C=O) groups excluding carboxylic acids is 1. The number of nitrogens with one attached hydrogen (secondary N) is 1. The van der Waals surface area contributed by atoms with Gasteiger partial charge in [0, 0.05) is 38.3 Å². The Morgan fingerprint density at radius 1 is 1.30 bits per heavy atom.